The number of hydrogen-bond acceptors (Lipinski definition) is 1. The van der Waals surface area contributed by atoms with Crippen LogP contribution in [0, 0.1) is 0 Å². The molecule has 0 amide bonds. The SMILES string of the molecule is C/C=C\CCC=N/C(=C\C)c1ccc(-c2c3ccccc3c(C/C=C\C)c3ccccc23)c2ccccc12. The number of rotatable bonds is 8. The van der Waals surface area contributed by atoms with Crippen molar-refractivity contribution in [2.45, 2.75) is 40.0 Å². The summed E-state index contributed by atoms with van der Waals surface area (Å²) in [5.74, 6) is 0. The third kappa shape index (κ3) is 4.85. The topological polar surface area (TPSA) is 12.4 Å². The van der Waals surface area contributed by atoms with Crippen molar-refractivity contribution in [2.24, 2.45) is 4.99 Å². The summed E-state index contributed by atoms with van der Waals surface area (Å²) in [6, 6.07) is 31.1. The first-order chi connectivity index (χ1) is 18.8. The average molecular weight is 494 g/mol. The molecule has 5 aromatic rings. The van der Waals surface area contributed by atoms with Crippen LogP contribution in [0.5, 0.6) is 0 Å². The van der Waals surface area contributed by atoms with Crippen LogP contribution in [0.2, 0.25) is 0 Å². The molecule has 0 unspecified atom stereocenters. The molecule has 0 aliphatic carbocycles. The number of allylic oxidation sites excluding steroid dienone is 5. The standard InChI is InChI=1S/C37H35N/c1-4-7-9-16-26-38-36(6-3)32-24-25-35(31-21-11-10-18-28(31)32)37-33-22-14-12-19-29(33)27(17-8-5-2)30-20-13-15-23-34(30)37/h4-8,10-15,18-26H,9,16-17H2,1-3H3/b7-4-,8-5-,36-6-,38-26?. The van der Waals surface area contributed by atoms with E-state index in [1.165, 1.54) is 54.6 Å². The van der Waals surface area contributed by atoms with E-state index in [1.54, 1.807) is 0 Å². The normalized spacial score (nSPS) is 12.8. The Labute approximate surface area is 226 Å². The van der Waals surface area contributed by atoms with Crippen LogP contribution in [0.3, 0.4) is 0 Å². The van der Waals surface area contributed by atoms with Crippen molar-refractivity contribution in [2.75, 3.05) is 0 Å². The first-order valence-corrected chi connectivity index (χ1v) is 13.6. The lowest BCUT2D eigenvalue weighted by atomic mass is 9.85. The summed E-state index contributed by atoms with van der Waals surface area (Å²) in [5.41, 5.74) is 6.15. The Morgan fingerprint density at radius 1 is 0.605 bits per heavy atom. The Morgan fingerprint density at radius 2 is 1.18 bits per heavy atom. The lowest BCUT2D eigenvalue weighted by molar-refractivity contribution is 1.11. The molecule has 0 fully saturated rings. The van der Waals surface area contributed by atoms with E-state index in [0.717, 1.165) is 25.0 Å². The molecule has 0 spiro atoms. The predicted molar refractivity (Wildman–Crippen MR) is 169 cm³/mol. The third-order valence-corrected chi connectivity index (χ3v) is 7.27. The van der Waals surface area contributed by atoms with Crippen LogP contribution in [0.15, 0.2) is 120 Å². The van der Waals surface area contributed by atoms with E-state index in [9.17, 15) is 0 Å². The van der Waals surface area contributed by atoms with Crippen molar-refractivity contribution in [1.29, 1.82) is 0 Å². The second-order valence-electron chi connectivity index (χ2n) is 9.56. The van der Waals surface area contributed by atoms with Gasteiger partial charge in [0.25, 0.3) is 0 Å². The molecule has 0 aliphatic heterocycles. The van der Waals surface area contributed by atoms with Crippen molar-refractivity contribution >= 4 is 44.2 Å². The van der Waals surface area contributed by atoms with Gasteiger partial charge in [-0.05, 0) is 89.0 Å². The second-order valence-corrected chi connectivity index (χ2v) is 9.56. The Bertz CT molecular complexity index is 1660. The monoisotopic (exact) mass is 493 g/mol. The predicted octanol–water partition coefficient (Wildman–Crippen LogP) is 10.7. The van der Waals surface area contributed by atoms with Gasteiger partial charge in [-0.25, -0.2) is 0 Å². The molecular weight excluding hydrogens is 458 g/mol. The molecule has 5 aromatic carbocycles. The van der Waals surface area contributed by atoms with Gasteiger partial charge in [-0.1, -0.05) is 115 Å². The van der Waals surface area contributed by atoms with Crippen molar-refractivity contribution in [3.63, 3.8) is 0 Å². The minimum atomic E-state index is 0.925. The average Bonchev–Trinajstić information content (AvgIpc) is 2.97. The molecule has 0 N–H and O–H groups in total. The highest BCUT2D eigenvalue weighted by molar-refractivity contribution is 6.19. The lowest BCUT2D eigenvalue weighted by Crippen LogP contribution is -1.94. The second kappa shape index (κ2) is 11.9. The van der Waals surface area contributed by atoms with Gasteiger partial charge in [0.2, 0.25) is 0 Å². The molecule has 0 atom stereocenters. The van der Waals surface area contributed by atoms with Crippen molar-refractivity contribution in [1.82, 2.24) is 0 Å². The van der Waals surface area contributed by atoms with Crippen LogP contribution in [0.4, 0.5) is 0 Å². The van der Waals surface area contributed by atoms with Crippen molar-refractivity contribution in [3.8, 4) is 11.1 Å². The minimum Gasteiger partial charge on any atom is -0.261 e. The fourth-order valence-electron chi connectivity index (χ4n) is 5.50. The molecule has 0 aromatic heterocycles. The lowest BCUT2D eigenvalue weighted by Gasteiger charge is -2.19. The van der Waals surface area contributed by atoms with Crippen LogP contribution in [-0.4, -0.2) is 6.21 Å². The Kier molecular flexibility index (Phi) is 7.95. The molecule has 0 heterocycles. The first-order valence-electron chi connectivity index (χ1n) is 13.6. The third-order valence-electron chi connectivity index (χ3n) is 7.27. The number of benzene rings is 5. The number of fused-ring (bicyclic) bond motifs is 3. The van der Waals surface area contributed by atoms with Gasteiger partial charge in [0.1, 0.15) is 0 Å². The molecule has 0 saturated carbocycles. The van der Waals surface area contributed by atoms with Crippen LogP contribution < -0.4 is 0 Å². The molecule has 0 aliphatic rings. The Hall–Kier alpha value is -4.23. The molecule has 1 nitrogen and oxygen atoms in total. The fourth-order valence-corrected chi connectivity index (χ4v) is 5.50. The number of unbranched alkanes of at least 4 members (excludes halogenated alkanes) is 1. The molecule has 38 heavy (non-hydrogen) atoms. The number of hydrogen-bond donors (Lipinski definition) is 0. The zero-order chi connectivity index (χ0) is 26.3. The maximum atomic E-state index is 4.87. The van der Waals surface area contributed by atoms with E-state index in [2.05, 4.69) is 136 Å². The van der Waals surface area contributed by atoms with Gasteiger partial charge < -0.3 is 0 Å². The highest BCUT2D eigenvalue weighted by Crippen LogP contribution is 2.43. The van der Waals surface area contributed by atoms with E-state index < -0.39 is 0 Å². The smallest absolute Gasteiger partial charge is 0.0661 e. The van der Waals surface area contributed by atoms with Crippen LogP contribution in [0.25, 0.3) is 49.1 Å². The molecular formula is C37H35N. The van der Waals surface area contributed by atoms with Gasteiger partial charge in [0, 0.05) is 11.8 Å². The van der Waals surface area contributed by atoms with E-state index in [1.807, 2.05) is 6.21 Å². The van der Waals surface area contributed by atoms with Gasteiger partial charge >= 0.3 is 0 Å². The maximum absolute atomic E-state index is 4.87. The maximum Gasteiger partial charge on any atom is 0.0661 e. The number of nitrogens with zero attached hydrogens (tertiary/aromatic N) is 1. The Balaban J connectivity index is 1.76. The van der Waals surface area contributed by atoms with E-state index in [-0.39, 0.29) is 0 Å². The summed E-state index contributed by atoms with van der Waals surface area (Å²) >= 11 is 0. The van der Waals surface area contributed by atoms with Crippen molar-refractivity contribution in [3.05, 3.63) is 126 Å². The van der Waals surface area contributed by atoms with Crippen molar-refractivity contribution < 1.29 is 0 Å². The quantitative estimate of drug-likeness (QED) is 0.0882. The number of aliphatic imine (C=N–C) groups is 1. The summed E-state index contributed by atoms with van der Waals surface area (Å²) in [5, 5.41) is 7.74. The highest BCUT2D eigenvalue weighted by Gasteiger charge is 2.17. The van der Waals surface area contributed by atoms with E-state index in [4.69, 9.17) is 4.99 Å². The molecule has 5 rings (SSSR count). The zero-order valence-corrected chi connectivity index (χ0v) is 22.6. The summed E-state index contributed by atoms with van der Waals surface area (Å²) in [6.45, 7) is 6.23. The fraction of sp³-hybridized carbons (Fsp3) is 0.162. The first kappa shape index (κ1) is 25.4. The Morgan fingerprint density at radius 3 is 1.79 bits per heavy atom. The summed E-state index contributed by atoms with van der Waals surface area (Å²) in [4.78, 5) is 4.87. The van der Waals surface area contributed by atoms with Crippen LogP contribution >= 0.6 is 0 Å². The summed E-state index contributed by atoms with van der Waals surface area (Å²) < 4.78 is 0. The summed E-state index contributed by atoms with van der Waals surface area (Å²) in [7, 11) is 0. The molecule has 188 valence electrons. The molecule has 0 bridgehead atoms. The highest BCUT2D eigenvalue weighted by atomic mass is 14.7. The molecule has 0 radical (unpaired) electrons. The van der Waals surface area contributed by atoms with Gasteiger partial charge in [0.15, 0.2) is 0 Å². The van der Waals surface area contributed by atoms with Crippen LogP contribution in [0.1, 0.15) is 44.7 Å². The van der Waals surface area contributed by atoms with Gasteiger partial charge in [-0.2, -0.15) is 0 Å². The van der Waals surface area contributed by atoms with Gasteiger partial charge in [-0.15, -0.1) is 0 Å². The van der Waals surface area contributed by atoms with Crippen LogP contribution in [-0.2, 0) is 6.42 Å². The zero-order valence-electron chi connectivity index (χ0n) is 22.6. The van der Waals surface area contributed by atoms with Gasteiger partial charge in [0.05, 0.1) is 5.70 Å². The molecule has 0 saturated heterocycles. The van der Waals surface area contributed by atoms with Gasteiger partial charge in [-0.3, -0.25) is 4.99 Å². The van der Waals surface area contributed by atoms with E-state index >= 15 is 0 Å². The van der Waals surface area contributed by atoms with E-state index in [0.29, 0.717) is 0 Å². The summed E-state index contributed by atoms with van der Waals surface area (Å²) in [6.07, 6.45) is 15.7. The molecule has 1 heteroatoms. The minimum absolute atomic E-state index is 0.925. The largest absolute Gasteiger partial charge is 0.261 e.